The highest BCUT2D eigenvalue weighted by molar-refractivity contribution is 5.92. The Hall–Kier alpha value is -4.14. The smallest absolute Gasteiger partial charge is 0.403 e. The largest absolute Gasteiger partial charge is 0.481 e. The molecule has 1 aromatic heterocycles. The van der Waals surface area contributed by atoms with Crippen molar-refractivity contribution in [1.82, 2.24) is 14.0 Å². The van der Waals surface area contributed by atoms with Crippen molar-refractivity contribution < 1.29 is 41.0 Å². The molecule has 1 aliphatic heterocycles. The first kappa shape index (κ1) is 32.4. The fourth-order valence-corrected chi connectivity index (χ4v) is 4.82. The second kappa shape index (κ2) is 12.4. The van der Waals surface area contributed by atoms with E-state index in [1.165, 1.54) is 16.8 Å². The minimum atomic E-state index is -4.83. The molecule has 228 valence electrons. The van der Waals surface area contributed by atoms with Crippen LogP contribution in [0.2, 0.25) is 0 Å². The van der Waals surface area contributed by atoms with Gasteiger partial charge >= 0.3 is 24.0 Å². The minimum absolute atomic E-state index is 0.0242. The van der Waals surface area contributed by atoms with E-state index in [0.29, 0.717) is 12.1 Å². The average molecular weight is 603 g/mol. The second-order valence-corrected chi connectivity index (χ2v) is 9.90. The standard InChI is InChI=1S/C18H16N2O4.C9H12F6N2O/c1-19-11-10-16(21)20(18(19)24)15-7-3-5-13-12(8-9-17(22)23)4-2-6-14(13)15;10-8(11,12)5-17-3-1-7(2-4-17,6(16)18)9(13,14)15/h2-7,10-11H,8-9H2,1H3,(H,22,23);1-5H2,(H2,16,18). The molecule has 1 saturated heterocycles. The van der Waals surface area contributed by atoms with Crippen LogP contribution in [0.15, 0.2) is 58.3 Å². The normalized spacial score (nSPS) is 15.6. The third-order valence-electron chi connectivity index (χ3n) is 7.12. The number of carbonyl (C=O) groups is 2. The first-order valence-electron chi connectivity index (χ1n) is 12.6. The van der Waals surface area contributed by atoms with Gasteiger partial charge < -0.3 is 15.4 Å². The third kappa shape index (κ3) is 7.19. The van der Waals surface area contributed by atoms with Gasteiger partial charge in [-0.05, 0) is 49.4 Å². The zero-order chi connectivity index (χ0) is 31.5. The number of aliphatic carboxylic acids is 1. The molecular formula is C27H28F6N4O5. The number of nitrogens with zero attached hydrogens (tertiary/aromatic N) is 3. The number of likely N-dealkylation sites (tertiary alicyclic amines) is 1. The van der Waals surface area contributed by atoms with E-state index in [9.17, 15) is 45.5 Å². The van der Waals surface area contributed by atoms with Gasteiger partial charge in [-0.2, -0.15) is 26.3 Å². The van der Waals surface area contributed by atoms with Crippen LogP contribution in [-0.2, 0) is 23.1 Å². The summed E-state index contributed by atoms with van der Waals surface area (Å²) in [6, 6.07) is 12.2. The van der Waals surface area contributed by atoms with E-state index in [4.69, 9.17) is 10.8 Å². The molecule has 0 saturated carbocycles. The van der Waals surface area contributed by atoms with Gasteiger partial charge in [0, 0.05) is 31.1 Å². The number of hydrogen-bond donors (Lipinski definition) is 2. The van der Waals surface area contributed by atoms with Crippen LogP contribution in [-0.4, -0.2) is 63.0 Å². The number of carboxylic acids is 1. The molecule has 1 aliphatic rings. The lowest BCUT2D eigenvalue weighted by Gasteiger charge is -2.40. The van der Waals surface area contributed by atoms with Crippen LogP contribution in [0.3, 0.4) is 0 Å². The topological polar surface area (TPSA) is 128 Å². The molecule has 2 heterocycles. The van der Waals surface area contributed by atoms with Crippen molar-refractivity contribution >= 4 is 22.6 Å². The van der Waals surface area contributed by atoms with E-state index in [2.05, 4.69) is 0 Å². The Kier molecular flexibility index (Phi) is 9.55. The monoisotopic (exact) mass is 602 g/mol. The fraction of sp³-hybridized carbons (Fsp3) is 0.407. The molecule has 1 fully saturated rings. The highest BCUT2D eigenvalue weighted by Crippen LogP contribution is 2.46. The molecule has 3 N–H and O–H groups in total. The molecule has 4 rings (SSSR count). The zero-order valence-electron chi connectivity index (χ0n) is 22.3. The maximum atomic E-state index is 12.8. The van der Waals surface area contributed by atoms with Crippen molar-refractivity contribution in [3.8, 4) is 5.69 Å². The molecule has 42 heavy (non-hydrogen) atoms. The molecule has 9 nitrogen and oxygen atoms in total. The van der Waals surface area contributed by atoms with Crippen LogP contribution in [0.1, 0.15) is 24.8 Å². The van der Waals surface area contributed by atoms with Crippen LogP contribution in [0.4, 0.5) is 26.3 Å². The lowest BCUT2D eigenvalue weighted by atomic mass is 9.77. The van der Waals surface area contributed by atoms with E-state index >= 15 is 0 Å². The summed E-state index contributed by atoms with van der Waals surface area (Å²) < 4.78 is 77.0. The van der Waals surface area contributed by atoms with Gasteiger partial charge in [0.15, 0.2) is 0 Å². The lowest BCUT2D eigenvalue weighted by Crippen LogP contribution is -2.56. The molecule has 0 bridgehead atoms. The summed E-state index contributed by atoms with van der Waals surface area (Å²) in [4.78, 5) is 47.2. The number of piperidine rings is 1. The molecule has 2 aromatic carbocycles. The first-order valence-corrected chi connectivity index (χ1v) is 12.6. The van der Waals surface area contributed by atoms with E-state index in [1.54, 1.807) is 19.2 Å². The van der Waals surface area contributed by atoms with Crippen molar-refractivity contribution in [3.63, 3.8) is 0 Å². The number of fused-ring (bicyclic) bond motifs is 1. The quantitative estimate of drug-likeness (QED) is 0.417. The number of halogens is 6. The average Bonchev–Trinajstić information content (AvgIpc) is 2.89. The minimum Gasteiger partial charge on any atom is -0.481 e. The summed E-state index contributed by atoms with van der Waals surface area (Å²) in [5.74, 6) is -2.39. The zero-order valence-corrected chi connectivity index (χ0v) is 22.3. The lowest BCUT2D eigenvalue weighted by molar-refractivity contribution is -0.234. The number of alkyl halides is 6. The fourth-order valence-electron chi connectivity index (χ4n) is 4.82. The molecular weight excluding hydrogens is 574 g/mol. The Morgan fingerprint density at radius 1 is 0.952 bits per heavy atom. The number of aromatic nitrogens is 2. The predicted molar refractivity (Wildman–Crippen MR) is 140 cm³/mol. The van der Waals surface area contributed by atoms with Gasteiger partial charge in [-0.15, -0.1) is 0 Å². The van der Waals surface area contributed by atoms with Crippen LogP contribution >= 0.6 is 0 Å². The Morgan fingerprint density at radius 3 is 2.10 bits per heavy atom. The number of carboxylic acid groups (broad SMARTS) is 1. The van der Waals surface area contributed by atoms with Crippen molar-refractivity contribution in [3.05, 3.63) is 75.1 Å². The van der Waals surface area contributed by atoms with Crippen molar-refractivity contribution in [2.24, 2.45) is 18.2 Å². The molecule has 0 aliphatic carbocycles. The van der Waals surface area contributed by atoms with Crippen LogP contribution in [0.25, 0.3) is 16.5 Å². The highest BCUT2D eigenvalue weighted by Gasteiger charge is 2.60. The van der Waals surface area contributed by atoms with E-state index < -0.39 is 73.4 Å². The van der Waals surface area contributed by atoms with Gasteiger partial charge in [-0.3, -0.25) is 19.3 Å². The van der Waals surface area contributed by atoms with Crippen molar-refractivity contribution in [1.29, 1.82) is 0 Å². The molecule has 1 amide bonds. The SMILES string of the molecule is Cn1ccc(=O)n(-c2cccc3c(CCC(=O)O)cccc23)c1=O.NC(=O)C1(C(F)(F)F)CCN(CC(F)(F)F)CC1. The summed E-state index contributed by atoms with van der Waals surface area (Å²) in [5, 5.41) is 10.5. The molecule has 0 unspecified atom stereocenters. The van der Waals surface area contributed by atoms with Crippen LogP contribution < -0.4 is 17.0 Å². The maximum absolute atomic E-state index is 12.8. The number of hydrogen-bond acceptors (Lipinski definition) is 5. The summed E-state index contributed by atoms with van der Waals surface area (Å²) in [5.41, 5.74) is 2.60. The summed E-state index contributed by atoms with van der Waals surface area (Å²) in [6.45, 7) is -2.19. The van der Waals surface area contributed by atoms with E-state index in [1.807, 2.05) is 24.3 Å². The van der Waals surface area contributed by atoms with Gasteiger partial charge in [0.2, 0.25) is 5.91 Å². The molecule has 0 atom stereocenters. The molecule has 0 spiro atoms. The van der Waals surface area contributed by atoms with Crippen LogP contribution in [0, 0.1) is 5.41 Å². The molecule has 3 aromatic rings. The molecule has 15 heteroatoms. The summed E-state index contributed by atoms with van der Waals surface area (Å²) in [6.07, 6.45) is -8.92. The number of aryl methyl sites for hydroxylation is 2. The van der Waals surface area contributed by atoms with Gasteiger partial charge in [-0.1, -0.05) is 30.3 Å². The van der Waals surface area contributed by atoms with E-state index in [0.717, 1.165) is 25.8 Å². The number of nitrogens with two attached hydrogens (primary N) is 1. The Labute approximate surface area is 234 Å². The number of rotatable bonds is 6. The van der Waals surface area contributed by atoms with Crippen molar-refractivity contribution in [2.75, 3.05) is 19.6 Å². The number of carbonyl (C=O) groups excluding carboxylic acids is 1. The molecule has 0 radical (unpaired) electrons. The van der Waals surface area contributed by atoms with Crippen molar-refractivity contribution in [2.45, 2.75) is 38.0 Å². The Balaban J connectivity index is 0.000000241. The van der Waals surface area contributed by atoms with Gasteiger partial charge in [0.05, 0.1) is 12.2 Å². The maximum Gasteiger partial charge on any atom is 0.403 e. The third-order valence-corrected chi connectivity index (χ3v) is 7.12. The first-order chi connectivity index (χ1) is 19.5. The predicted octanol–water partition coefficient (Wildman–Crippen LogP) is 3.39. The summed E-state index contributed by atoms with van der Waals surface area (Å²) >= 11 is 0. The van der Waals surface area contributed by atoms with Gasteiger partial charge in [-0.25, -0.2) is 9.36 Å². The number of primary amides is 1. The van der Waals surface area contributed by atoms with Gasteiger partial charge in [0.25, 0.3) is 5.56 Å². The Morgan fingerprint density at radius 2 is 1.55 bits per heavy atom. The van der Waals surface area contributed by atoms with Crippen LogP contribution in [0.5, 0.6) is 0 Å². The van der Waals surface area contributed by atoms with Gasteiger partial charge in [0.1, 0.15) is 5.41 Å². The van der Waals surface area contributed by atoms with E-state index in [-0.39, 0.29) is 6.42 Å². The number of benzene rings is 2. The number of amides is 1. The second-order valence-electron chi connectivity index (χ2n) is 9.90. The summed E-state index contributed by atoms with van der Waals surface area (Å²) in [7, 11) is 1.59. The Bertz CT molecular complexity index is 1570. The highest BCUT2D eigenvalue weighted by atomic mass is 19.4.